The summed E-state index contributed by atoms with van der Waals surface area (Å²) in [5.41, 5.74) is 6.27. The third kappa shape index (κ3) is 2.96. The highest BCUT2D eigenvalue weighted by molar-refractivity contribution is 6.28. The van der Waals surface area contributed by atoms with Gasteiger partial charge in [-0.15, -0.1) is 0 Å². The van der Waals surface area contributed by atoms with Gasteiger partial charge < -0.3 is 20.1 Å². The Morgan fingerprint density at radius 3 is 2.77 bits per heavy atom. The molecule has 8 heteroatoms. The zero-order valence-electron chi connectivity index (χ0n) is 12.6. The number of anilines is 2. The summed E-state index contributed by atoms with van der Waals surface area (Å²) in [7, 11) is 1.28. The minimum Gasteiger partial charge on any atom is -0.464 e. The molecule has 2 aliphatic rings. The molecule has 1 aromatic heterocycles. The lowest BCUT2D eigenvalue weighted by atomic mass is 10.1. The highest BCUT2D eigenvalue weighted by Gasteiger charge is 2.38. The van der Waals surface area contributed by atoms with Crippen LogP contribution in [0.2, 0.25) is 5.28 Å². The Balaban J connectivity index is 1.92. The number of halogens is 1. The lowest BCUT2D eigenvalue weighted by Crippen LogP contribution is -2.48. The van der Waals surface area contributed by atoms with Gasteiger partial charge in [0, 0.05) is 13.1 Å². The van der Waals surface area contributed by atoms with E-state index in [4.69, 9.17) is 26.8 Å². The predicted octanol–water partition coefficient (Wildman–Crippen LogP) is 1.50. The molecule has 120 valence electrons. The number of rotatable bonds is 3. The predicted molar refractivity (Wildman–Crippen MR) is 82.1 cm³/mol. The van der Waals surface area contributed by atoms with Crippen LogP contribution < -0.4 is 10.6 Å². The van der Waals surface area contributed by atoms with E-state index in [2.05, 4.69) is 9.97 Å². The Labute approximate surface area is 133 Å². The van der Waals surface area contributed by atoms with Gasteiger partial charge in [-0.1, -0.05) is 0 Å². The number of methoxy groups -OCH3 is 1. The van der Waals surface area contributed by atoms with Gasteiger partial charge in [0.1, 0.15) is 5.69 Å². The fraction of sp³-hybridized carbons (Fsp3) is 0.643. The Kier molecular flexibility index (Phi) is 4.10. The number of esters is 1. The fourth-order valence-corrected chi connectivity index (χ4v) is 2.98. The van der Waals surface area contributed by atoms with Crippen molar-refractivity contribution in [1.29, 1.82) is 0 Å². The first-order chi connectivity index (χ1) is 10.5. The van der Waals surface area contributed by atoms with Gasteiger partial charge in [0.05, 0.1) is 19.3 Å². The highest BCUT2D eigenvalue weighted by atomic mass is 35.5. The minimum atomic E-state index is -0.622. The van der Waals surface area contributed by atoms with Crippen molar-refractivity contribution in [2.24, 2.45) is 5.92 Å². The van der Waals surface area contributed by atoms with Crippen molar-refractivity contribution >= 4 is 29.1 Å². The first kappa shape index (κ1) is 15.3. The van der Waals surface area contributed by atoms with E-state index in [1.807, 2.05) is 11.8 Å². The number of carbonyl (C=O) groups is 1. The summed E-state index contributed by atoms with van der Waals surface area (Å²) >= 11 is 5.95. The molecule has 0 spiro atoms. The SMILES string of the molecule is COC(=O)c1nc(Cl)nc(N2C[C@H](C)O[C@@H](C3CC3)C2)c1N. The van der Waals surface area contributed by atoms with Crippen LogP contribution in [0.4, 0.5) is 11.5 Å². The number of carbonyl (C=O) groups excluding carboxylic acids is 1. The highest BCUT2D eigenvalue weighted by Crippen LogP contribution is 2.38. The normalized spacial score (nSPS) is 25.1. The number of hydrogen-bond acceptors (Lipinski definition) is 7. The van der Waals surface area contributed by atoms with Crippen LogP contribution in [0.1, 0.15) is 30.3 Å². The van der Waals surface area contributed by atoms with Crippen molar-refractivity contribution in [2.75, 3.05) is 30.8 Å². The molecule has 0 unspecified atom stereocenters. The average Bonchev–Trinajstić information content (AvgIpc) is 3.32. The van der Waals surface area contributed by atoms with Crippen LogP contribution in [-0.4, -0.2) is 48.3 Å². The lowest BCUT2D eigenvalue weighted by Gasteiger charge is -2.38. The Morgan fingerprint density at radius 2 is 2.14 bits per heavy atom. The number of nitrogen functional groups attached to an aromatic ring is 1. The molecule has 0 amide bonds. The number of morpholine rings is 1. The number of aromatic nitrogens is 2. The summed E-state index contributed by atoms with van der Waals surface area (Å²) in [6.07, 6.45) is 2.62. The lowest BCUT2D eigenvalue weighted by molar-refractivity contribution is -0.0273. The molecule has 0 aromatic carbocycles. The van der Waals surface area contributed by atoms with Crippen LogP contribution in [0.25, 0.3) is 0 Å². The molecule has 0 radical (unpaired) electrons. The smallest absolute Gasteiger partial charge is 0.359 e. The quantitative estimate of drug-likeness (QED) is 0.665. The summed E-state index contributed by atoms with van der Waals surface area (Å²) in [5, 5.41) is -0.0216. The molecule has 1 saturated carbocycles. The molecule has 3 rings (SSSR count). The minimum absolute atomic E-state index is 0.000355. The monoisotopic (exact) mass is 326 g/mol. The zero-order valence-corrected chi connectivity index (χ0v) is 13.3. The number of ether oxygens (including phenoxy) is 2. The van der Waals surface area contributed by atoms with Crippen LogP contribution in [0, 0.1) is 5.92 Å². The molecule has 2 heterocycles. The van der Waals surface area contributed by atoms with Crippen molar-refractivity contribution in [2.45, 2.75) is 32.0 Å². The van der Waals surface area contributed by atoms with Crippen molar-refractivity contribution < 1.29 is 14.3 Å². The molecule has 1 aliphatic heterocycles. The molecule has 2 fully saturated rings. The van der Waals surface area contributed by atoms with E-state index < -0.39 is 5.97 Å². The largest absolute Gasteiger partial charge is 0.464 e. The zero-order chi connectivity index (χ0) is 15.9. The molecule has 1 aliphatic carbocycles. The Bertz CT molecular complexity index is 594. The third-order valence-corrected chi connectivity index (χ3v) is 4.18. The van der Waals surface area contributed by atoms with E-state index in [-0.39, 0.29) is 28.9 Å². The van der Waals surface area contributed by atoms with E-state index in [0.29, 0.717) is 24.8 Å². The number of nitrogens with two attached hydrogens (primary N) is 1. The van der Waals surface area contributed by atoms with Crippen LogP contribution in [-0.2, 0) is 9.47 Å². The average molecular weight is 327 g/mol. The maximum Gasteiger partial charge on any atom is 0.359 e. The first-order valence-electron chi connectivity index (χ1n) is 7.31. The molecule has 2 atom stereocenters. The van der Waals surface area contributed by atoms with Crippen molar-refractivity contribution in [3.8, 4) is 0 Å². The van der Waals surface area contributed by atoms with Gasteiger partial charge in [0.15, 0.2) is 11.5 Å². The second-order valence-electron chi connectivity index (χ2n) is 5.80. The van der Waals surface area contributed by atoms with Gasteiger partial charge in [-0.2, -0.15) is 4.98 Å². The molecule has 0 bridgehead atoms. The fourth-order valence-electron chi connectivity index (χ4n) is 2.81. The van der Waals surface area contributed by atoms with Crippen LogP contribution in [0.3, 0.4) is 0 Å². The maximum atomic E-state index is 11.8. The molecule has 7 nitrogen and oxygen atoms in total. The van der Waals surface area contributed by atoms with E-state index >= 15 is 0 Å². The third-order valence-electron chi connectivity index (χ3n) is 4.01. The standard InChI is InChI=1S/C14H19ClN4O3/c1-7-5-19(6-9(22-7)8-3-4-8)12-10(16)11(13(20)21-2)17-14(15)18-12/h7-9H,3-6,16H2,1-2H3/t7-,9+/m0/s1. The number of nitrogens with zero attached hydrogens (tertiary/aromatic N) is 3. The van der Waals surface area contributed by atoms with Gasteiger partial charge in [0.25, 0.3) is 0 Å². The summed E-state index contributed by atoms with van der Waals surface area (Å²) in [6.45, 7) is 3.34. The molecule has 1 aromatic rings. The Morgan fingerprint density at radius 1 is 1.41 bits per heavy atom. The van der Waals surface area contributed by atoms with Gasteiger partial charge in [0.2, 0.25) is 5.28 Å². The van der Waals surface area contributed by atoms with Crippen LogP contribution >= 0.6 is 11.6 Å². The van der Waals surface area contributed by atoms with E-state index in [1.165, 1.54) is 20.0 Å². The van der Waals surface area contributed by atoms with E-state index in [9.17, 15) is 4.79 Å². The first-order valence-corrected chi connectivity index (χ1v) is 7.69. The van der Waals surface area contributed by atoms with Crippen molar-refractivity contribution in [3.63, 3.8) is 0 Å². The van der Waals surface area contributed by atoms with Crippen LogP contribution in [0.5, 0.6) is 0 Å². The van der Waals surface area contributed by atoms with Gasteiger partial charge in [-0.3, -0.25) is 0 Å². The van der Waals surface area contributed by atoms with Crippen molar-refractivity contribution in [1.82, 2.24) is 9.97 Å². The molecular weight excluding hydrogens is 308 g/mol. The Hall–Kier alpha value is -1.60. The molecule has 22 heavy (non-hydrogen) atoms. The molecule has 2 N–H and O–H groups in total. The summed E-state index contributed by atoms with van der Waals surface area (Å²) in [5.74, 6) is 0.452. The summed E-state index contributed by atoms with van der Waals surface area (Å²) < 4.78 is 10.7. The molecular formula is C14H19ClN4O3. The molecule has 1 saturated heterocycles. The topological polar surface area (TPSA) is 90.6 Å². The maximum absolute atomic E-state index is 11.8. The number of hydrogen-bond donors (Lipinski definition) is 1. The van der Waals surface area contributed by atoms with E-state index in [1.54, 1.807) is 0 Å². The van der Waals surface area contributed by atoms with Crippen LogP contribution in [0.15, 0.2) is 0 Å². The van der Waals surface area contributed by atoms with Gasteiger partial charge in [-0.05, 0) is 37.3 Å². The van der Waals surface area contributed by atoms with Gasteiger partial charge >= 0.3 is 5.97 Å². The summed E-state index contributed by atoms with van der Waals surface area (Å²) in [4.78, 5) is 21.9. The van der Waals surface area contributed by atoms with Gasteiger partial charge in [-0.25, -0.2) is 9.78 Å². The second-order valence-corrected chi connectivity index (χ2v) is 6.14. The van der Waals surface area contributed by atoms with Crippen molar-refractivity contribution in [3.05, 3.63) is 11.0 Å². The summed E-state index contributed by atoms with van der Waals surface area (Å²) in [6, 6.07) is 0. The second kappa shape index (κ2) is 5.89. The van der Waals surface area contributed by atoms with E-state index in [0.717, 1.165) is 0 Å².